The molecule has 4 fully saturated rings. The highest BCUT2D eigenvalue weighted by Gasteiger charge is 2.47. The van der Waals surface area contributed by atoms with Crippen molar-refractivity contribution in [3.8, 4) is 11.3 Å². The van der Waals surface area contributed by atoms with E-state index >= 15 is 0 Å². The number of nitrogens with one attached hydrogen (secondary N) is 1. The van der Waals surface area contributed by atoms with Gasteiger partial charge in [-0.1, -0.05) is 0 Å². The zero-order chi connectivity index (χ0) is 16.1. The lowest BCUT2D eigenvalue weighted by molar-refractivity contribution is -0.0147. The fourth-order valence-corrected chi connectivity index (χ4v) is 5.72. The molecule has 2 aromatic rings. The first-order valence-corrected chi connectivity index (χ1v) is 9.32. The van der Waals surface area contributed by atoms with Crippen LogP contribution in [0.1, 0.15) is 37.9 Å². The van der Waals surface area contributed by atoms with Gasteiger partial charge in [0.1, 0.15) is 17.3 Å². The Morgan fingerprint density at radius 2 is 1.54 bits per heavy atom. The molecule has 0 saturated heterocycles. The second-order valence-electron chi connectivity index (χ2n) is 8.11. The second kappa shape index (κ2) is 5.73. The maximum absolute atomic E-state index is 13.0. The van der Waals surface area contributed by atoms with Crippen LogP contribution < -0.4 is 5.32 Å². The first-order chi connectivity index (χ1) is 11.7. The first-order valence-electron chi connectivity index (χ1n) is 9.32. The van der Waals surface area contributed by atoms with E-state index in [9.17, 15) is 4.39 Å². The number of hydrogen-bond acceptors (Lipinski definition) is 2. The molecule has 1 heterocycles. The minimum absolute atomic E-state index is 0.214. The predicted octanol–water partition coefficient (Wildman–Crippen LogP) is 5.00. The standard InChI is InChI=1S/C21H24FNO/c22-18-3-1-15(2-4-18)20-6-5-19(24-20)12-23-21-16-8-13-7-14(10-16)11-17(21)9-13/h1-6,13-14,16-17,21,23H,7-12H2. The van der Waals surface area contributed by atoms with E-state index in [0.29, 0.717) is 6.04 Å². The topological polar surface area (TPSA) is 25.2 Å². The van der Waals surface area contributed by atoms with Gasteiger partial charge in [-0.2, -0.15) is 0 Å². The van der Waals surface area contributed by atoms with Crippen molar-refractivity contribution in [3.05, 3.63) is 48.0 Å². The average molecular weight is 325 g/mol. The molecule has 6 rings (SSSR count). The Morgan fingerprint density at radius 3 is 2.21 bits per heavy atom. The van der Waals surface area contributed by atoms with Gasteiger partial charge in [-0.05, 0) is 92.2 Å². The van der Waals surface area contributed by atoms with Crippen LogP contribution in [0.25, 0.3) is 11.3 Å². The zero-order valence-electron chi connectivity index (χ0n) is 13.9. The van der Waals surface area contributed by atoms with E-state index in [0.717, 1.165) is 47.3 Å². The molecule has 0 amide bonds. The maximum Gasteiger partial charge on any atom is 0.134 e. The quantitative estimate of drug-likeness (QED) is 0.856. The number of halogens is 1. The van der Waals surface area contributed by atoms with Gasteiger partial charge in [0, 0.05) is 11.6 Å². The highest BCUT2D eigenvalue weighted by molar-refractivity contribution is 5.57. The molecule has 1 aromatic heterocycles. The summed E-state index contributed by atoms with van der Waals surface area (Å²) in [4.78, 5) is 0. The van der Waals surface area contributed by atoms with Crippen molar-refractivity contribution >= 4 is 0 Å². The van der Waals surface area contributed by atoms with Gasteiger partial charge in [0.15, 0.2) is 0 Å². The van der Waals surface area contributed by atoms with Crippen LogP contribution in [0.3, 0.4) is 0 Å². The monoisotopic (exact) mass is 325 g/mol. The van der Waals surface area contributed by atoms with Crippen LogP contribution >= 0.6 is 0 Å². The summed E-state index contributed by atoms with van der Waals surface area (Å²) in [7, 11) is 0. The van der Waals surface area contributed by atoms with Crippen LogP contribution in [0, 0.1) is 29.5 Å². The molecule has 4 bridgehead atoms. The van der Waals surface area contributed by atoms with E-state index in [1.165, 1.54) is 44.2 Å². The molecule has 4 aliphatic rings. The molecule has 0 aliphatic heterocycles. The van der Waals surface area contributed by atoms with Crippen LogP contribution in [-0.4, -0.2) is 6.04 Å². The van der Waals surface area contributed by atoms with Gasteiger partial charge in [-0.25, -0.2) is 4.39 Å². The van der Waals surface area contributed by atoms with Crippen LogP contribution in [0.4, 0.5) is 4.39 Å². The molecule has 1 N–H and O–H groups in total. The third-order valence-corrected chi connectivity index (χ3v) is 6.53. The molecular formula is C21H24FNO. The van der Waals surface area contributed by atoms with Crippen molar-refractivity contribution in [1.82, 2.24) is 5.32 Å². The van der Waals surface area contributed by atoms with E-state index in [4.69, 9.17) is 4.42 Å². The summed E-state index contributed by atoms with van der Waals surface area (Å²) in [6.45, 7) is 0.800. The summed E-state index contributed by atoms with van der Waals surface area (Å²) in [6, 6.07) is 11.2. The number of hydrogen-bond donors (Lipinski definition) is 1. The van der Waals surface area contributed by atoms with Gasteiger partial charge < -0.3 is 9.73 Å². The van der Waals surface area contributed by atoms with Gasteiger partial charge in [-0.3, -0.25) is 0 Å². The average Bonchev–Trinajstić information content (AvgIpc) is 3.03. The minimum atomic E-state index is -0.214. The smallest absolute Gasteiger partial charge is 0.134 e. The van der Waals surface area contributed by atoms with Crippen molar-refractivity contribution in [1.29, 1.82) is 0 Å². The summed E-state index contributed by atoms with van der Waals surface area (Å²) in [5.74, 6) is 5.37. The van der Waals surface area contributed by atoms with E-state index in [-0.39, 0.29) is 5.82 Å². The van der Waals surface area contributed by atoms with Crippen molar-refractivity contribution in [3.63, 3.8) is 0 Å². The predicted molar refractivity (Wildman–Crippen MR) is 91.8 cm³/mol. The molecule has 1 aromatic carbocycles. The summed E-state index contributed by atoms with van der Waals surface area (Å²) in [6.07, 6.45) is 7.24. The highest BCUT2D eigenvalue weighted by atomic mass is 19.1. The van der Waals surface area contributed by atoms with Crippen molar-refractivity contribution in [2.24, 2.45) is 23.7 Å². The molecule has 4 saturated carbocycles. The normalized spacial score (nSPS) is 34.0. The van der Waals surface area contributed by atoms with Crippen LogP contribution in [0.2, 0.25) is 0 Å². The van der Waals surface area contributed by atoms with Gasteiger partial charge in [-0.15, -0.1) is 0 Å². The van der Waals surface area contributed by atoms with Crippen LogP contribution in [-0.2, 0) is 6.54 Å². The Morgan fingerprint density at radius 1 is 0.875 bits per heavy atom. The molecular weight excluding hydrogens is 301 g/mol. The largest absolute Gasteiger partial charge is 0.460 e. The van der Waals surface area contributed by atoms with E-state index in [1.807, 2.05) is 12.1 Å². The lowest BCUT2D eigenvalue weighted by Crippen LogP contribution is -2.54. The molecule has 126 valence electrons. The molecule has 0 atom stereocenters. The highest BCUT2D eigenvalue weighted by Crippen LogP contribution is 2.53. The molecule has 0 spiro atoms. The summed E-state index contributed by atoms with van der Waals surface area (Å²) in [5.41, 5.74) is 0.928. The number of rotatable bonds is 4. The molecule has 0 unspecified atom stereocenters. The van der Waals surface area contributed by atoms with E-state index in [1.54, 1.807) is 12.1 Å². The fourth-order valence-electron chi connectivity index (χ4n) is 5.72. The lowest BCUT2D eigenvalue weighted by Gasteiger charge is -2.54. The third-order valence-electron chi connectivity index (χ3n) is 6.53. The van der Waals surface area contributed by atoms with Crippen molar-refractivity contribution < 1.29 is 8.81 Å². The number of furan rings is 1. The maximum atomic E-state index is 13.0. The van der Waals surface area contributed by atoms with Gasteiger partial charge in [0.05, 0.1) is 6.54 Å². The Kier molecular flexibility index (Phi) is 3.51. The van der Waals surface area contributed by atoms with E-state index < -0.39 is 0 Å². The van der Waals surface area contributed by atoms with Crippen molar-refractivity contribution in [2.45, 2.75) is 44.7 Å². The minimum Gasteiger partial charge on any atom is -0.460 e. The Hall–Kier alpha value is -1.61. The van der Waals surface area contributed by atoms with Crippen LogP contribution in [0.5, 0.6) is 0 Å². The number of benzene rings is 1. The summed E-state index contributed by atoms with van der Waals surface area (Å²) >= 11 is 0. The Bertz CT molecular complexity index is 692. The molecule has 2 nitrogen and oxygen atoms in total. The Balaban J connectivity index is 1.25. The van der Waals surface area contributed by atoms with Gasteiger partial charge in [0.2, 0.25) is 0 Å². The first kappa shape index (κ1) is 14.7. The van der Waals surface area contributed by atoms with Gasteiger partial charge in [0.25, 0.3) is 0 Å². The van der Waals surface area contributed by atoms with Gasteiger partial charge >= 0.3 is 0 Å². The SMILES string of the molecule is Fc1ccc(-c2ccc(CNC3C4CC5CC(C4)CC3C5)o2)cc1. The molecule has 24 heavy (non-hydrogen) atoms. The Labute approximate surface area is 142 Å². The summed E-state index contributed by atoms with van der Waals surface area (Å²) < 4.78 is 19.0. The molecule has 0 radical (unpaired) electrons. The second-order valence-corrected chi connectivity index (χ2v) is 8.11. The third kappa shape index (κ3) is 2.59. The zero-order valence-corrected chi connectivity index (χ0v) is 13.9. The molecule has 4 aliphatic carbocycles. The molecule has 3 heteroatoms. The summed E-state index contributed by atoms with van der Waals surface area (Å²) in [5, 5.41) is 3.80. The van der Waals surface area contributed by atoms with Crippen molar-refractivity contribution in [2.75, 3.05) is 0 Å². The lowest BCUT2D eigenvalue weighted by atomic mass is 9.54. The van der Waals surface area contributed by atoms with E-state index in [2.05, 4.69) is 5.32 Å². The fraction of sp³-hybridized carbons (Fsp3) is 0.524. The van der Waals surface area contributed by atoms with Crippen LogP contribution in [0.15, 0.2) is 40.8 Å².